The van der Waals surface area contributed by atoms with Gasteiger partial charge >= 0.3 is 0 Å². The Hall–Kier alpha value is -1.81. The highest BCUT2D eigenvalue weighted by Crippen LogP contribution is 2.18. The van der Waals surface area contributed by atoms with Crippen LogP contribution in [0.2, 0.25) is 0 Å². The van der Waals surface area contributed by atoms with Crippen molar-refractivity contribution in [3.8, 4) is 0 Å². The van der Waals surface area contributed by atoms with Gasteiger partial charge in [-0.1, -0.05) is 37.3 Å². The second-order valence-corrected chi connectivity index (χ2v) is 5.11. The summed E-state index contributed by atoms with van der Waals surface area (Å²) in [6, 6.07) is 11.5. The Morgan fingerprint density at radius 2 is 2.10 bits per heavy atom. The summed E-state index contributed by atoms with van der Waals surface area (Å²) in [7, 11) is 1.77. The highest BCUT2D eigenvalue weighted by atomic mass is 35.5. The van der Waals surface area contributed by atoms with E-state index in [1.54, 1.807) is 17.8 Å². The molecule has 1 atom stereocenters. The molecule has 0 aliphatic carbocycles. The van der Waals surface area contributed by atoms with Crippen LogP contribution in [0, 0.1) is 0 Å². The second-order valence-electron chi connectivity index (χ2n) is 4.59. The van der Waals surface area contributed by atoms with Crippen LogP contribution in [0.5, 0.6) is 0 Å². The molecule has 1 N–H and O–H groups in total. The lowest BCUT2D eigenvalue weighted by molar-refractivity contribution is 0.0944. The number of nitrogens with one attached hydrogen (secondary N) is 1. The van der Waals surface area contributed by atoms with Gasteiger partial charge in [-0.25, -0.2) is 0 Å². The Labute approximate surface area is 123 Å². The Kier molecular flexibility index (Phi) is 4.79. The first-order valence-electron chi connectivity index (χ1n) is 6.62. The summed E-state index contributed by atoms with van der Waals surface area (Å²) in [6.45, 7) is 2.39. The van der Waals surface area contributed by atoms with Crippen LogP contribution in [0.4, 0.5) is 0 Å². The summed E-state index contributed by atoms with van der Waals surface area (Å²) >= 11 is 6.27. The van der Waals surface area contributed by atoms with Crippen molar-refractivity contribution in [2.75, 3.05) is 6.54 Å². The number of benzene rings is 1. The molecule has 0 saturated heterocycles. The van der Waals surface area contributed by atoms with Crippen LogP contribution in [0.25, 0.3) is 0 Å². The number of amides is 1. The van der Waals surface area contributed by atoms with Crippen molar-refractivity contribution < 1.29 is 4.79 Å². The number of rotatable bonds is 5. The normalized spacial score (nSPS) is 12.2. The predicted molar refractivity (Wildman–Crippen MR) is 80.0 cm³/mol. The summed E-state index contributed by atoms with van der Waals surface area (Å²) < 4.78 is 1.60. The number of aromatic nitrogens is 2. The van der Waals surface area contributed by atoms with E-state index in [0.29, 0.717) is 12.2 Å². The van der Waals surface area contributed by atoms with Gasteiger partial charge in [0.05, 0.1) is 11.1 Å². The zero-order chi connectivity index (χ0) is 14.5. The number of hydrogen-bond acceptors (Lipinski definition) is 2. The molecule has 2 aromatic rings. The van der Waals surface area contributed by atoms with E-state index in [9.17, 15) is 4.79 Å². The van der Waals surface area contributed by atoms with E-state index in [-0.39, 0.29) is 11.3 Å². The second kappa shape index (κ2) is 6.57. The number of alkyl halides is 1. The molecule has 0 radical (unpaired) electrons. The maximum atomic E-state index is 12.1. The topological polar surface area (TPSA) is 46.9 Å². The number of hydrogen-bond donors (Lipinski definition) is 1. The average Bonchev–Trinajstić information content (AvgIpc) is 2.86. The van der Waals surface area contributed by atoms with Gasteiger partial charge in [0.15, 0.2) is 0 Å². The third kappa shape index (κ3) is 3.39. The van der Waals surface area contributed by atoms with Crippen LogP contribution in [0.15, 0.2) is 36.4 Å². The molecule has 1 unspecified atom stereocenters. The smallest absolute Gasteiger partial charge is 0.269 e. The van der Waals surface area contributed by atoms with Gasteiger partial charge in [-0.2, -0.15) is 5.10 Å². The lowest BCUT2D eigenvalue weighted by atomic mass is 10.1. The van der Waals surface area contributed by atoms with Crippen LogP contribution >= 0.6 is 11.6 Å². The molecule has 1 heterocycles. The van der Waals surface area contributed by atoms with Crippen molar-refractivity contribution in [3.05, 3.63) is 53.3 Å². The lowest BCUT2D eigenvalue weighted by Gasteiger charge is -2.11. The van der Waals surface area contributed by atoms with Crippen molar-refractivity contribution in [2.45, 2.75) is 18.7 Å². The average molecular weight is 292 g/mol. The monoisotopic (exact) mass is 291 g/mol. The Balaban J connectivity index is 1.96. The van der Waals surface area contributed by atoms with Crippen LogP contribution in [-0.2, 0) is 13.5 Å². The van der Waals surface area contributed by atoms with Gasteiger partial charge < -0.3 is 5.32 Å². The van der Waals surface area contributed by atoms with Crippen molar-refractivity contribution in [2.24, 2.45) is 7.05 Å². The summed E-state index contributed by atoms with van der Waals surface area (Å²) in [4.78, 5) is 12.1. The van der Waals surface area contributed by atoms with Gasteiger partial charge in [-0.05, 0) is 18.1 Å². The fraction of sp³-hybridized carbons (Fsp3) is 0.333. The molecule has 0 fully saturated rings. The van der Waals surface area contributed by atoms with E-state index in [1.807, 2.05) is 37.3 Å². The first-order chi connectivity index (χ1) is 9.61. The van der Waals surface area contributed by atoms with Gasteiger partial charge in [0.25, 0.3) is 5.91 Å². The van der Waals surface area contributed by atoms with Crippen molar-refractivity contribution >= 4 is 17.5 Å². The molecule has 0 spiro atoms. The van der Waals surface area contributed by atoms with E-state index in [4.69, 9.17) is 11.6 Å². The molecule has 2 rings (SSSR count). The zero-order valence-electron chi connectivity index (χ0n) is 11.6. The number of carbonyl (C=O) groups is 1. The molecule has 5 heteroatoms. The van der Waals surface area contributed by atoms with Crippen molar-refractivity contribution in [3.63, 3.8) is 0 Å². The van der Waals surface area contributed by atoms with Crippen LogP contribution in [-0.4, -0.2) is 22.2 Å². The molecule has 106 valence electrons. The highest BCUT2D eigenvalue weighted by Gasteiger charge is 2.14. The SMILES string of the molecule is CCc1cc(C(=O)NCC(Cl)c2ccccc2)n(C)n1. The minimum atomic E-state index is -0.237. The quantitative estimate of drug-likeness (QED) is 0.861. The van der Waals surface area contributed by atoms with Crippen LogP contribution < -0.4 is 5.32 Å². The lowest BCUT2D eigenvalue weighted by Crippen LogP contribution is -2.28. The number of carbonyl (C=O) groups excluding carboxylic acids is 1. The Morgan fingerprint density at radius 1 is 1.40 bits per heavy atom. The first kappa shape index (κ1) is 14.6. The van der Waals surface area contributed by atoms with Crippen molar-refractivity contribution in [1.29, 1.82) is 0 Å². The van der Waals surface area contributed by atoms with E-state index < -0.39 is 0 Å². The van der Waals surface area contributed by atoms with E-state index >= 15 is 0 Å². The molecule has 20 heavy (non-hydrogen) atoms. The molecule has 0 saturated carbocycles. The number of nitrogens with zero attached hydrogens (tertiary/aromatic N) is 2. The maximum absolute atomic E-state index is 12.1. The first-order valence-corrected chi connectivity index (χ1v) is 7.05. The van der Waals surface area contributed by atoms with Crippen LogP contribution in [0.1, 0.15) is 34.0 Å². The van der Waals surface area contributed by atoms with E-state index in [1.165, 1.54) is 0 Å². The molecule has 0 aliphatic rings. The third-order valence-corrected chi connectivity index (χ3v) is 3.53. The Bertz CT molecular complexity index is 580. The summed E-state index contributed by atoms with van der Waals surface area (Å²) in [5, 5.41) is 6.87. The molecule has 1 amide bonds. The minimum absolute atomic E-state index is 0.152. The van der Waals surface area contributed by atoms with Gasteiger partial charge in [0.2, 0.25) is 0 Å². The molecule has 1 aromatic heterocycles. The molecule has 0 bridgehead atoms. The summed E-state index contributed by atoms with van der Waals surface area (Å²) in [5.74, 6) is -0.152. The van der Waals surface area contributed by atoms with Gasteiger partial charge in [-0.3, -0.25) is 9.48 Å². The zero-order valence-corrected chi connectivity index (χ0v) is 12.4. The summed E-state index contributed by atoms with van der Waals surface area (Å²) in [5.41, 5.74) is 2.45. The predicted octanol–water partition coefficient (Wildman–Crippen LogP) is 2.69. The molecule has 1 aromatic carbocycles. The molecular formula is C15H18ClN3O. The number of aryl methyl sites for hydroxylation is 2. The summed E-state index contributed by atoms with van der Waals surface area (Å²) in [6.07, 6.45) is 0.809. The van der Waals surface area contributed by atoms with Gasteiger partial charge in [0.1, 0.15) is 5.69 Å². The minimum Gasteiger partial charge on any atom is -0.349 e. The highest BCUT2D eigenvalue weighted by molar-refractivity contribution is 6.21. The number of halogens is 1. The fourth-order valence-electron chi connectivity index (χ4n) is 1.96. The van der Waals surface area contributed by atoms with Crippen molar-refractivity contribution in [1.82, 2.24) is 15.1 Å². The maximum Gasteiger partial charge on any atom is 0.269 e. The van der Waals surface area contributed by atoms with Gasteiger partial charge in [0, 0.05) is 13.6 Å². The van der Waals surface area contributed by atoms with Crippen LogP contribution in [0.3, 0.4) is 0 Å². The standard InChI is InChI=1S/C15H18ClN3O/c1-3-12-9-14(19(2)18-12)15(20)17-10-13(16)11-7-5-4-6-8-11/h4-9,13H,3,10H2,1-2H3,(H,17,20). The third-order valence-electron chi connectivity index (χ3n) is 3.13. The molecular weight excluding hydrogens is 274 g/mol. The fourth-order valence-corrected chi connectivity index (χ4v) is 2.19. The van der Waals surface area contributed by atoms with Gasteiger partial charge in [-0.15, -0.1) is 11.6 Å². The van der Waals surface area contributed by atoms with E-state index in [2.05, 4.69) is 10.4 Å². The Morgan fingerprint density at radius 3 is 2.70 bits per heavy atom. The van der Waals surface area contributed by atoms with E-state index in [0.717, 1.165) is 17.7 Å². The molecule has 4 nitrogen and oxygen atoms in total. The molecule has 0 aliphatic heterocycles. The largest absolute Gasteiger partial charge is 0.349 e.